The number of hydrogen-bond acceptors (Lipinski definition) is 3. The van der Waals surface area contributed by atoms with Crippen LogP contribution in [-0.2, 0) is 0 Å². The number of hydrogen-bond donors (Lipinski definition) is 1. The quantitative estimate of drug-likeness (QED) is 0.784. The van der Waals surface area contributed by atoms with Crippen LogP contribution < -0.4 is 10.2 Å². The molecule has 0 radical (unpaired) electrons. The third kappa shape index (κ3) is 3.28. The average Bonchev–Trinajstić information content (AvgIpc) is 2.94. The van der Waals surface area contributed by atoms with E-state index in [1.54, 1.807) is 0 Å². The van der Waals surface area contributed by atoms with Gasteiger partial charge in [0.25, 0.3) is 0 Å². The monoisotopic (exact) mass is 335 g/mol. The van der Waals surface area contributed by atoms with E-state index in [1.807, 2.05) is 0 Å². The number of allylic oxidation sites excluding steroid dienone is 5. The molecule has 3 nitrogen and oxygen atoms in total. The Hall–Kier alpha value is -2.29. The zero-order valence-electron chi connectivity index (χ0n) is 15.9. The zero-order valence-corrected chi connectivity index (χ0v) is 15.9. The van der Waals surface area contributed by atoms with Crippen LogP contribution in [0.3, 0.4) is 0 Å². The molecule has 0 spiro atoms. The molecular formula is C22H29N3. The summed E-state index contributed by atoms with van der Waals surface area (Å²) in [5, 5.41) is 3.64. The van der Waals surface area contributed by atoms with Crippen LogP contribution in [0.5, 0.6) is 0 Å². The van der Waals surface area contributed by atoms with Gasteiger partial charge in [0.15, 0.2) is 0 Å². The van der Waals surface area contributed by atoms with E-state index < -0.39 is 0 Å². The standard InChI is InChI=1S/C22H29N3/c1-5-13-24-22-18-11-9-16(23-6-2)14-20(18)21-15-17(10-12-19(21)22)25(7-3)8-4/h9-12,14-15,24H,5-8,13H2,1-4H3. The lowest BCUT2D eigenvalue weighted by atomic mass is 9.96. The minimum absolute atomic E-state index is 0.815. The SMILES string of the molecule is CCCNC1=C2C=CC(=NCC)C=C2c2cc(N(CC)CC)ccc21. The Balaban J connectivity index is 2.09. The lowest BCUT2D eigenvalue weighted by molar-refractivity contribution is 0.823. The molecule has 0 amide bonds. The lowest BCUT2D eigenvalue weighted by Crippen LogP contribution is -2.22. The molecular weight excluding hydrogens is 306 g/mol. The highest BCUT2D eigenvalue weighted by Gasteiger charge is 2.27. The maximum atomic E-state index is 4.59. The van der Waals surface area contributed by atoms with Crippen molar-refractivity contribution in [1.29, 1.82) is 0 Å². The van der Waals surface area contributed by atoms with Crippen molar-refractivity contribution in [1.82, 2.24) is 5.32 Å². The van der Waals surface area contributed by atoms with Gasteiger partial charge in [-0.05, 0) is 62.6 Å². The average molecular weight is 335 g/mol. The van der Waals surface area contributed by atoms with Crippen LogP contribution in [-0.4, -0.2) is 31.9 Å². The second kappa shape index (κ2) is 7.73. The first kappa shape index (κ1) is 17.5. The fourth-order valence-electron chi connectivity index (χ4n) is 3.60. The number of nitrogens with one attached hydrogen (secondary N) is 1. The molecule has 1 aromatic rings. The number of fused-ring (bicyclic) bond motifs is 3. The molecule has 0 heterocycles. The minimum Gasteiger partial charge on any atom is -0.384 e. The summed E-state index contributed by atoms with van der Waals surface area (Å²) in [5.41, 5.74) is 8.87. The van der Waals surface area contributed by atoms with Gasteiger partial charge in [-0.15, -0.1) is 0 Å². The van der Waals surface area contributed by atoms with Crippen molar-refractivity contribution in [2.75, 3.05) is 31.1 Å². The Morgan fingerprint density at radius 3 is 2.48 bits per heavy atom. The Kier molecular flexibility index (Phi) is 5.42. The Labute approximate surface area is 151 Å². The summed E-state index contributed by atoms with van der Waals surface area (Å²) in [6.07, 6.45) is 7.71. The molecule has 0 fully saturated rings. The fourth-order valence-corrected chi connectivity index (χ4v) is 3.60. The van der Waals surface area contributed by atoms with Crippen LogP contribution >= 0.6 is 0 Å². The van der Waals surface area contributed by atoms with Gasteiger partial charge in [0.2, 0.25) is 0 Å². The molecule has 0 bridgehead atoms. The topological polar surface area (TPSA) is 27.6 Å². The summed E-state index contributed by atoms with van der Waals surface area (Å²) in [6, 6.07) is 6.87. The van der Waals surface area contributed by atoms with Crippen molar-refractivity contribution < 1.29 is 0 Å². The van der Waals surface area contributed by atoms with Gasteiger partial charge in [0, 0.05) is 48.7 Å². The number of anilines is 1. The summed E-state index contributed by atoms with van der Waals surface area (Å²) >= 11 is 0. The van der Waals surface area contributed by atoms with Gasteiger partial charge in [-0.1, -0.05) is 19.1 Å². The second-order valence-electron chi connectivity index (χ2n) is 6.41. The maximum absolute atomic E-state index is 4.59. The van der Waals surface area contributed by atoms with Crippen LogP contribution in [0.2, 0.25) is 0 Å². The van der Waals surface area contributed by atoms with Gasteiger partial charge < -0.3 is 10.2 Å². The van der Waals surface area contributed by atoms with Crippen molar-refractivity contribution in [3.63, 3.8) is 0 Å². The molecule has 3 rings (SSSR count). The van der Waals surface area contributed by atoms with E-state index >= 15 is 0 Å². The van der Waals surface area contributed by atoms with Gasteiger partial charge in [0.05, 0.1) is 5.71 Å². The van der Waals surface area contributed by atoms with E-state index in [1.165, 1.54) is 33.7 Å². The van der Waals surface area contributed by atoms with Crippen LogP contribution in [0.1, 0.15) is 45.2 Å². The molecule has 0 aliphatic heterocycles. The molecule has 3 heteroatoms. The summed E-state index contributed by atoms with van der Waals surface area (Å²) in [6.45, 7) is 12.6. The highest BCUT2D eigenvalue weighted by Crippen LogP contribution is 2.43. The largest absolute Gasteiger partial charge is 0.384 e. The first-order valence-electron chi connectivity index (χ1n) is 9.55. The zero-order chi connectivity index (χ0) is 17.8. The van der Waals surface area contributed by atoms with Gasteiger partial charge in [-0.2, -0.15) is 0 Å². The van der Waals surface area contributed by atoms with Crippen LogP contribution in [0.25, 0.3) is 11.3 Å². The summed E-state index contributed by atoms with van der Waals surface area (Å²) in [5.74, 6) is 0. The Bertz CT molecular complexity index is 761. The number of aliphatic imine (C=N–C) groups is 1. The third-order valence-corrected chi connectivity index (χ3v) is 4.86. The Morgan fingerprint density at radius 2 is 1.80 bits per heavy atom. The van der Waals surface area contributed by atoms with E-state index in [0.717, 1.165) is 38.3 Å². The van der Waals surface area contributed by atoms with Crippen molar-refractivity contribution in [2.45, 2.75) is 34.1 Å². The molecule has 1 N–H and O–H groups in total. The molecule has 1 aromatic carbocycles. The maximum Gasteiger partial charge on any atom is 0.0580 e. The molecule has 0 atom stereocenters. The van der Waals surface area contributed by atoms with Crippen molar-refractivity contribution in [3.8, 4) is 0 Å². The molecule has 2 aliphatic rings. The van der Waals surface area contributed by atoms with Gasteiger partial charge >= 0.3 is 0 Å². The van der Waals surface area contributed by atoms with Crippen LogP contribution in [0.4, 0.5) is 5.69 Å². The first-order chi connectivity index (χ1) is 12.2. The smallest absolute Gasteiger partial charge is 0.0580 e. The molecule has 0 saturated carbocycles. The van der Waals surface area contributed by atoms with E-state index in [-0.39, 0.29) is 0 Å². The Morgan fingerprint density at radius 1 is 1.00 bits per heavy atom. The lowest BCUT2D eigenvalue weighted by Gasteiger charge is -2.22. The molecule has 25 heavy (non-hydrogen) atoms. The van der Waals surface area contributed by atoms with Crippen molar-refractivity contribution in [3.05, 3.63) is 53.1 Å². The van der Waals surface area contributed by atoms with Gasteiger partial charge in [-0.3, -0.25) is 4.99 Å². The normalized spacial score (nSPS) is 16.8. The van der Waals surface area contributed by atoms with Gasteiger partial charge in [-0.25, -0.2) is 0 Å². The molecule has 0 aromatic heterocycles. The second-order valence-corrected chi connectivity index (χ2v) is 6.41. The highest BCUT2D eigenvalue weighted by molar-refractivity contribution is 6.17. The van der Waals surface area contributed by atoms with Crippen LogP contribution in [0, 0.1) is 0 Å². The highest BCUT2D eigenvalue weighted by atomic mass is 15.1. The van der Waals surface area contributed by atoms with E-state index in [2.05, 4.69) is 79.3 Å². The number of benzene rings is 1. The molecule has 0 unspecified atom stereocenters. The predicted molar refractivity (Wildman–Crippen MR) is 110 cm³/mol. The number of rotatable bonds is 7. The summed E-state index contributed by atoms with van der Waals surface area (Å²) in [4.78, 5) is 6.99. The molecule has 0 saturated heterocycles. The molecule has 2 aliphatic carbocycles. The summed E-state index contributed by atoms with van der Waals surface area (Å²) < 4.78 is 0. The third-order valence-electron chi connectivity index (χ3n) is 4.86. The minimum atomic E-state index is 0.815. The van der Waals surface area contributed by atoms with Crippen molar-refractivity contribution >= 4 is 22.7 Å². The van der Waals surface area contributed by atoms with Crippen LogP contribution in [0.15, 0.2) is 47.0 Å². The molecule has 132 valence electrons. The predicted octanol–water partition coefficient (Wildman–Crippen LogP) is 4.67. The fraction of sp³-hybridized carbons (Fsp3) is 0.409. The van der Waals surface area contributed by atoms with E-state index in [9.17, 15) is 0 Å². The van der Waals surface area contributed by atoms with E-state index in [4.69, 9.17) is 0 Å². The first-order valence-corrected chi connectivity index (χ1v) is 9.55. The van der Waals surface area contributed by atoms with Crippen molar-refractivity contribution in [2.24, 2.45) is 4.99 Å². The summed E-state index contributed by atoms with van der Waals surface area (Å²) in [7, 11) is 0. The van der Waals surface area contributed by atoms with Gasteiger partial charge in [0.1, 0.15) is 0 Å². The number of nitrogens with zero attached hydrogens (tertiary/aromatic N) is 2. The van der Waals surface area contributed by atoms with E-state index in [0.29, 0.717) is 0 Å².